The maximum atomic E-state index is 5.41. The summed E-state index contributed by atoms with van der Waals surface area (Å²) in [7, 11) is 0. The molecule has 2 heterocycles. The summed E-state index contributed by atoms with van der Waals surface area (Å²) >= 11 is 0. The summed E-state index contributed by atoms with van der Waals surface area (Å²) in [6, 6.07) is 2.07. The molecule has 114 valence electrons. The van der Waals surface area contributed by atoms with Crippen LogP contribution in [0.4, 0.5) is 0 Å². The molecule has 1 aromatic rings. The average molecular weight is 280 g/mol. The van der Waals surface area contributed by atoms with Crippen LogP contribution in [-0.4, -0.2) is 54.2 Å². The second-order valence-corrected chi connectivity index (χ2v) is 6.04. The number of piperazine rings is 1. The van der Waals surface area contributed by atoms with E-state index < -0.39 is 0 Å². The number of hydrogen-bond donors (Lipinski definition) is 1. The molecule has 5 heteroatoms. The highest BCUT2D eigenvalue weighted by Crippen LogP contribution is 2.11. The van der Waals surface area contributed by atoms with Gasteiger partial charge in [0.2, 0.25) is 0 Å². The zero-order valence-corrected chi connectivity index (χ0v) is 13.1. The Morgan fingerprint density at radius 1 is 1.25 bits per heavy atom. The van der Waals surface area contributed by atoms with E-state index in [1.54, 1.807) is 0 Å². The Kier molecular flexibility index (Phi) is 6.01. The van der Waals surface area contributed by atoms with E-state index in [9.17, 15) is 0 Å². The summed E-state index contributed by atoms with van der Waals surface area (Å²) in [6.45, 7) is 15.1. The van der Waals surface area contributed by atoms with Gasteiger partial charge in [-0.3, -0.25) is 4.90 Å². The van der Waals surface area contributed by atoms with Crippen LogP contribution in [0.3, 0.4) is 0 Å². The molecule has 0 aromatic carbocycles. The summed E-state index contributed by atoms with van der Waals surface area (Å²) in [4.78, 5) is 5.01. The van der Waals surface area contributed by atoms with Gasteiger partial charge in [0.05, 0.1) is 12.2 Å². The van der Waals surface area contributed by atoms with Gasteiger partial charge in [0.1, 0.15) is 0 Å². The lowest BCUT2D eigenvalue weighted by molar-refractivity contribution is 0.110. The molecule has 0 atom stereocenters. The van der Waals surface area contributed by atoms with Crippen molar-refractivity contribution in [1.29, 1.82) is 0 Å². The molecule has 20 heavy (non-hydrogen) atoms. The van der Waals surface area contributed by atoms with Gasteiger partial charge in [0, 0.05) is 45.3 Å². The molecule has 0 bridgehead atoms. The van der Waals surface area contributed by atoms with Gasteiger partial charge in [-0.05, 0) is 12.5 Å². The van der Waals surface area contributed by atoms with E-state index >= 15 is 0 Å². The Hall–Kier alpha value is -0.910. The second-order valence-electron chi connectivity index (χ2n) is 6.04. The summed E-state index contributed by atoms with van der Waals surface area (Å²) in [6.07, 6.45) is 0. The van der Waals surface area contributed by atoms with E-state index in [2.05, 4.69) is 47.1 Å². The monoisotopic (exact) mass is 280 g/mol. The lowest BCUT2D eigenvalue weighted by Gasteiger charge is -2.34. The number of rotatable bonds is 7. The van der Waals surface area contributed by atoms with Crippen LogP contribution < -0.4 is 5.32 Å². The zero-order chi connectivity index (χ0) is 14.4. The molecule has 2 rings (SSSR count). The number of aromatic nitrogens is 1. The molecule has 0 unspecified atom stereocenters. The molecule has 1 aliphatic rings. The van der Waals surface area contributed by atoms with E-state index in [1.165, 1.54) is 6.54 Å². The summed E-state index contributed by atoms with van der Waals surface area (Å²) in [5, 5.41) is 7.36. The van der Waals surface area contributed by atoms with Gasteiger partial charge in [0.15, 0.2) is 5.76 Å². The molecule has 0 radical (unpaired) electrons. The Labute approximate surface area is 122 Å². The first-order chi connectivity index (χ1) is 9.67. The van der Waals surface area contributed by atoms with Gasteiger partial charge in [-0.15, -0.1) is 0 Å². The van der Waals surface area contributed by atoms with Crippen LogP contribution in [0, 0.1) is 5.92 Å². The Bertz CT molecular complexity index is 383. The third kappa shape index (κ3) is 4.89. The highest BCUT2D eigenvalue weighted by atomic mass is 16.5. The second kappa shape index (κ2) is 7.76. The average Bonchev–Trinajstić information content (AvgIpc) is 2.86. The molecule has 0 spiro atoms. The van der Waals surface area contributed by atoms with Crippen LogP contribution in [-0.2, 0) is 13.1 Å². The van der Waals surface area contributed by atoms with Crippen molar-refractivity contribution in [2.75, 3.05) is 39.3 Å². The van der Waals surface area contributed by atoms with Crippen LogP contribution in [0.25, 0.3) is 0 Å². The molecule has 0 aliphatic carbocycles. The van der Waals surface area contributed by atoms with Crippen LogP contribution in [0.1, 0.15) is 32.2 Å². The van der Waals surface area contributed by atoms with Crippen LogP contribution in [0.5, 0.6) is 0 Å². The van der Waals surface area contributed by atoms with E-state index in [0.29, 0.717) is 0 Å². The van der Waals surface area contributed by atoms with Crippen LogP contribution in [0.2, 0.25) is 0 Å². The molecule has 1 aromatic heterocycles. The first kappa shape index (κ1) is 15.5. The topological polar surface area (TPSA) is 44.5 Å². The van der Waals surface area contributed by atoms with Crippen molar-refractivity contribution in [3.05, 3.63) is 17.5 Å². The third-order valence-corrected chi connectivity index (χ3v) is 3.63. The quantitative estimate of drug-likeness (QED) is 0.821. The molecule has 0 saturated carbocycles. The number of nitrogens with one attached hydrogen (secondary N) is 1. The lowest BCUT2D eigenvalue weighted by Crippen LogP contribution is -2.46. The van der Waals surface area contributed by atoms with Gasteiger partial charge >= 0.3 is 0 Å². The van der Waals surface area contributed by atoms with Gasteiger partial charge in [0.25, 0.3) is 0 Å². The highest BCUT2D eigenvalue weighted by molar-refractivity contribution is 5.05. The minimum absolute atomic E-state index is 0.754. The maximum Gasteiger partial charge on any atom is 0.151 e. The molecule has 1 saturated heterocycles. The molecular weight excluding hydrogens is 252 g/mol. The molecule has 0 amide bonds. The molecule has 5 nitrogen and oxygen atoms in total. The predicted octanol–water partition coefficient (Wildman–Crippen LogP) is 1.56. The lowest BCUT2D eigenvalue weighted by atomic mass is 10.2. The smallest absolute Gasteiger partial charge is 0.151 e. The predicted molar refractivity (Wildman–Crippen MR) is 80.4 cm³/mol. The van der Waals surface area contributed by atoms with Crippen molar-refractivity contribution < 1.29 is 4.52 Å². The van der Waals surface area contributed by atoms with Crippen LogP contribution in [0.15, 0.2) is 10.6 Å². The van der Waals surface area contributed by atoms with Crippen molar-refractivity contribution in [3.63, 3.8) is 0 Å². The highest BCUT2D eigenvalue weighted by Gasteiger charge is 2.18. The summed E-state index contributed by atoms with van der Waals surface area (Å²) < 4.78 is 5.41. The van der Waals surface area contributed by atoms with Crippen molar-refractivity contribution in [3.8, 4) is 0 Å². The normalized spacial score (nSPS) is 18.0. The Morgan fingerprint density at radius 2 is 1.95 bits per heavy atom. The molecular formula is C15H28N4O. The minimum Gasteiger partial charge on any atom is -0.360 e. The van der Waals surface area contributed by atoms with Crippen molar-refractivity contribution in [1.82, 2.24) is 20.3 Å². The fourth-order valence-corrected chi connectivity index (χ4v) is 2.63. The van der Waals surface area contributed by atoms with Crippen molar-refractivity contribution in [2.45, 2.75) is 33.9 Å². The summed E-state index contributed by atoms with van der Waals surface area (Å²) in [5.74, 6) is 1.74. The number of nitrogens with zero attached hydrogens (tertiary/aromatic N) is 3. The van der Waals surface area contributed by atoms with Crippen molar-refractivity contribution >= 4 is 0 Å². The first-order valence-electron chi connectivity index (χ1n) is 7.77. The zero-order valence-electron chi connectivity index (χ0n) is 13.1. The fraction of sp³-hybridized carbons (Fsp3) is 0.800. The van der Waals surface area contributed by atoms with Gasteiger partial charge in [-0.1, -0.05) is 25.9 Å². The Morgan fingerprint density at radius 3 is 2.60 bits per heavy atom. The van der Waals surface area contributed by atoms with E-state index in [-0.39, 0.29) is 0 Å². The fourth-order valence-electron chi connectivity index (χ4n) is 2.63. The van der Waals surface area contributed by atoms with E-state index in [0.717, 1.165) is 63.2 Å². The minimum atomic E-state index is 0.754. The molecule has 1 N–H and O–H groups in total. The summed E-state index contributed by atoms with van der Waals surface area (Å²) in [5.41, 5.74) is 1.00. The maximum absolute atomic E-state index is 5.41. The van der Waals surface area contributed by atoms with Crippen LogP contribution >= 0.6 is 0 Å². The van der Waals surface area contributed by atoms with E-state index in [1.807, 2.05) is 0 Å². The van der Waals surface area contributed by atoms with Gasteiger partial charge in [-0.2, -0.15) is 0 Å². The van der Waals surface area contributed by atoms with Gasteiger partial charge < -0.3 is 14.7 Å². The standard InChI is InChI=1S/C15H28N4O/c1-4-16-10-14-9-15(20-17-14)12-19-7-5-18(6-8-19)11-13(2)3/h9,13,16H,4-8,10-12H2,1-3H3. The third-order valence-electron chi connectivity index (χ3n) is 3.63. The largest absolute Gasteiger partial charge is 0.360 e. The Balaban J connectivity index is 1.73. The first-order valence-corrected chi connectivity index (χ1v) is 7.77. The molecule has 1 fully saturated rings. The SMILES string of the molecule is CCNCc1cc(CN2CCN(CC(C)C)CC2)on1. The number of hydrogen-bond acceptors (Lipinski definition) is 5. The van der Waals surface area contributed by atoms with E-state index in [4.69, 9.17) is 4.52 Å². The molecule has 1 aliphatic heterocycles. The van der Waals surface area contributed by atoms with Crippen molar-refractivity contribution in [2.24, 2.45) is 5.92 Å². The van der Waals surface area contributed by atoms with Gasteiger partial charge in [-0.25, -0.2) is 0 Å².